The molecule has 0 aromatic heterocycles. The molecule has 6 aromatic rings. The van der Waals surface area contributed by atoms with Crippen molar-refractivity contribution in [2.45, 2.75) is 0 Å². The summed E-state index contributed by atoms with van der Waals surface area (Å²) in [5.41, 5.74) is 43.0. The number of nitrogens with zero attached hydrogens (tertiary/aromatic N) is 3. The first-order valence-electron chi connectivity index (χ1n) is 19.9. The van der Waals surface area contributed by atoms with E-state index in [1.165, 1.54) is 0 Å². The molecule has 0 radical (unpaired) electrons. The standard InChI is InChI=1S/C48H48N9O6P3/c1-7-31-25-37(49)13-19-43(31)58-64(59-44-20-14-38(50)26-32(44)8-2)55-65(60-45-21-15-39(51)27-33(45)9-3,61-46-22-16-40(52)28-34(46)10-4)57-66(56-64,62-47-23-17-41(53)29-35(47)11-5)63-48-24-18-42(54)30-36(48)12-6/h7-30H,1-6,49-54H2. The average Bonchev–Trinajstić information content (AvgIpc) is 3.29. The van der Waals surface area contributed by atoms with Crippen LogP contribution in [0.1, 0.15) is 33.4 Å². The van der Waals surface area contributed by atoms with E-state index in [0.29, 0.717) is 67.5 Å². The van der Waals surface area contributed by atoms with Crippen LogP contribution in [-0.4, -0.2) is 0 Å². The fourth-order valence-electron chi connectivity index (χ4n) is 6.38. The van der Waals surface area contributed by atoms with Crippen molar-refractivity contribution in [2.75, 3.05) is 34.4 Å². The molecule has 1 aliphatic rings. The van der Waals surface area contributed by atoms with Crippen molar-refractivity contribution in [3.05, 3.63) is 182 Å². The van der Waals surface area contributed by atoms with Crippen molar-refractivity contribution in [1.82, 2.24) is 0 Å². The van der Waals surface area contributed by atoms with E-state index in [2.05, 4.69) is 39.5 Å². The van der Waals surface area contributed by atoms with E-state index in [0.717, 1.165) is 0 Å². The molecular formula is C48H48N9O6P3. The lowest BCUT2D eigenvalue weighted by Crippen LogP contribution is -2.13. The van der Waals surface area contributed by atoms with Crippen LogP contribution in [0.5, 0.6) is 34.5 Å². The Bertz CT molecular complexity index is 2610. The topological polar surface area (TPSA) is 249 Å². The van der Waals surface area contributed by atoms with E-state index in [-0.39, 0.29) is 34.5 Å². The lowest BCUT2D eigenvalue weighted by molar-refractivity contribution is 0.442. The van der Waals surface area contributed by atoms with Crippen LogP contribution >= 0.6 is 23.0 Å². The summed E-state index contributed by atoms with van der Waals surface area (Å²) in [5, 5.41) is 0. The highest BCUT2D eigenvalue weighted by Crippen LogP contribution is 2.79. The van der Waals surface area contributed by atoms with E-state index in [4.69, 9.17) is 75.1 Å². The van der Waals surface area contributed by atoms with Gasteiger partial charge in [-0.15, -0.1) is 0 Å². The second kappa shape index (κ2) is 19.0. The fraction of sp³-hybridized carbons (Fsp3) is 0. The number of nitrogen functional groups attached to an aromatic ring is 6. The predicted molar refractivity (Wildman–Crippen MR) is 277 cm³/mol. The van der Waals surface area contributed by atoms with E-state index >= 15 is 0 Å². The zero-order chi connectivity index (χ0) is 47.2. The first-order chi connectivity index (χ1) is 31.6. The van der Waals surface area contributed by atoms with Gasteiger partial charge in [-0.05, 0) is 109 Å². The molecule has 336 valence electrons. The summed E-state index contributed by atoms with van der Waals surface area (Å²) >= 11 is 0. The normalized spacial score (nSPS) is 14.0. The number of rotatable bonds is 18. The van der Waals surface area contributed by atoms with E-state index < -0.39 is 23.0 Å². The molecule has 0 bridgehead atoms. The maximum absolute atomic E-state index is 7.10. The summed E-state index contributed by atoms with van der Waals surface area (Å²) in [7, 11) is -13.5. The van der Waals surface area contributed by atoms with Gasteiger partial charge in [0.2, 0.25) is 0 Å². The highest BCUT2D eigenvalue weighted by Gasteiger charge is 2.50. The van der Waals surface area contributed by atoms with Crippen molar-refractivity contribution in [3.8, 4) is 34.5 Å². The molecule has 0 spiro atoms. The molecule has 0 aliphatic carbocycles. The van der Waals surface area contributed by atoms with E-state index in [9.17, 15) is 0 Å². The Balaban J connectivity index is 1.72. The van der Waals surface area contributed by atoms with Crippen LogP contribution < -0.4 is 61.5 Å². The molecule has 0 saturated carbocycles. The average molecular weight is 940 g/mol. The fourth-order valence-corrected chi connectivity index (χ4v) is 15.6. The van der Waals surface area contributed by atoms with Crippen molar-refractivity contribution in [2.24, 2.45) is 13.5 Å². The second-order valence-electron chi connectivity index (χ2n) is 14.3. The Hall–Kier alpha value is -7.95. The molecule has 18 heteroatoms. The molecule has 0 atom stereocenters. The summed E-state index contributed by atoms with van der Waals surface area (Å²) in [6.45, 7) is 24.1. The summed E-state index contributed by atoms with van der Waals surface area (Å²) in [6, 6.07) is 29.6. The van der Waals surface area contributed by atoms with E-state index in [1.807, 2.05) is 0 Å². The number of benzene rings is 6. The first kappa shape index (κ1) is 46.1. The van der Waals surface area contributed by atoms with Crippen LogP contribution in [0.25, 0.3) is 36.5 Å². The highest BCUT2D eigenvalue weighted by molar-refractivity contribution is 7.79. The van der Waals surface area contributed by atoms with Crippen LogP contribution in [0, 0.1) is 0 Å². The summed E-state index contributed by atoms with van der Waals surface area (Å²) < 4.78 is 58.6. The van der Waals surface area contributed by atoms with Crippen LogP contribution in [0.15, 0.2) is 162 Å². The van der Waals surface area contributed by atoms with Crippen LogP contribution in [-0.2, 0) is 0 Å². The highest BCUT2D eigenvalue weighted by atomic mass is 31.3. The Kier molecular flexibility index (Phi) is 13.3. The van der Waals surface area contributed by atoms with Gasteiger partial charge in [-0.3, -0.25) is 0 Å². The number of nitrogens with two attached hydrogens (primary N) is 6. The van der Waals surface area contributed by atoms with Crippen LogP contribution in [0.2, 0.25) is 0 Å². The van der Waals surface area contributed by atoms with Gasteiger partial charge in [0.05, 0.1) is 0 Å². The monoisotopic (exact) mass is 939 g/mol. The lowest BCUT2D eigenvalue weighted by Gasteiger charge is -2.34. The first-order valence-corrected chi connectivity index (χ1v) is 24.5. The largest absolute Gasteiger partial charge is 0.460 e. The smallest absolute Gasteiger partial charge is 0.413 e. The molecule has 6 aromatic carbocycles. The van der Waals surface area contributed by atoms with Gasteiger partial charge < -0.3 is 61.5 Å². The molecule has 12 N–H and O–H groups in total. The molecule has 66 heavy (non-hydrogen) atoms. The molecule has 0 unspecified atom stereocenters. The van der Waals surface area contributed by atoms with Gasteiger partial charge in [-0.25, -0.2) is 0 Å². The van der Waals surface area contributed by atoms with Gasteiger partial charge in [0.25, 0.3) is 0 Å². The molecule has 0 saturated heterocycles. The number of hydrogen-bond donors (Lipinski definition) is 6. The van der Waals surface area contributed by atoms with Crippen molar-refractivity contribution < 1.29 is 27.1 Å². The van der Waals surface area contributed by atoms with Crippen molar-refractivity contribution in [1.29, 1.82) is 0 Å². The summed E-state index contributed by atoms with van der Waals surface area (Å²) in [5.74, 6) is 1.20. The summed E-state index contributed by atoms with van der Waals surface area (Å²) in [6.07, 6.45) is 9.36. The second-order valence-corrected chi connectivity index (χ2v) is 20.5. The predicted octanol–water partition coefficient (Wildman–Crippen LogP) is 13.7. The Morgan fingerprint density at radius 2 is 0.439 bits per heavy atom. The Labute approximate surface area is 383 Å². The number of hydrogen-bond acceptors (Lipinski definition) is 15. The molecule has 15 nitrogen and oxygen atoms in total. The van der Waals surface area contributed by atoms with Gasteiger partial charge in [0.1, 0.15) is 34.5 Å². The molecule has 0 amide bonds. The third-order valence-electron chi connectivity index (χ3n) is 9.50. The molecule has 7 rings (SSSR count). The summed E-state index contributed by atoms with van der Waals surface area (Å²) in [4.78, 5) is 0. The molecular weight excluding hydrogens is 892 g/mol. The Morgan fingerprint density at radius 3 is 0.576 bits per heavy atom. The van der Waals surface area contributed by atoms with Gasteiger partial charge in [0.15, 0.2) is 0 Å². The molecule has 1 aliphatic heterocycles. The molecule has 1 heterocycles. The van der Waals surface area contributed by atoms with Crippen molar-refractivity contribution in [3.63, 3.8) is 0 Å². The minimum Gasteiger partial charge on any atom is -0.413 e. The van der Waals surface area contributed by atoms with Gasteiger partial charge in [0, 0.05) is 67.5 Å². The van der Waals surface area contributed by atoms with Crippen molar-refractivity contribution >= 4 is 93.6 Å². The van der Waals surface area contributed by atoms with Gasteiger partial charge >= 0.3 is 23.0 Å². The SMILES string of the molecule is C=Cc1cc(N)ccc1OP1(Oc2ccc(N)cc2C=C)=NP(Oc2ccc(N)cc2C=C)(Oc2ccc(N)cc2C=C)=NP(Oc2ccc(N)cc2C=C)(Oc2ccc(N)cc2C=C)=N1. The third kappa shape index (κ3) is 10.0. The molecule has 0 fully saturated rings. The van der Waals surface area contributed by atoms with Crippen LogP contribution in [0.3, 0.4) is 0 Å². The van der Waals surface area contributed by atoms with Crippen LogP contribution in [0.4, 0.5) is 34.1 Å². The zero-order valence-electron chi connectivity index (χ0n) is 35.7. The van der Waals surface area contributed by atoms with E-state index in [1.54, 1.807) is 146 Å². The maximum Gasteiger partial charge on any atom is 0.460 e. The maximum atomic E-state index is 7.10. The zero-order valence-corrected chi connectivity index (χ0v) is 38.4. The minimum absolute atomic E-state index is 0.200. The van der Waals surface area contributed by atoms with Gasteiger partial charge in [-0.1, -0.05) is 89.5 Å². The number of anilines is 6. The lowest BCUT2D eigenvalue weighted by atomic mass is 10.2. The Morgan fingerprint density at radius 1 is 0.288 bits per heavy atom. The van der Waals surface area contributed by atoms with Gasteiger partial charge in [-0.2, -0.15) is 0 Å². The quantitative estimate of drug-likeness (QED) is 0.0348. The minimum atomic E-state index is -4.49. The third-order valence-corrected chi connectivity index (χ3v) is 17.5.